The maximum atomic E-state index is 12.7. The van der Waals surface area contributed by atoms with Gasteiger partial charge in [-0.3, -0.25) is 0 Å². The Kier molecular flexibility index (Phi) is 8.41. The van der Waals surface area contributed by atoms with Crippen LogP contribution in [0.2, 0.25) is 0 Å². The smallest absolute Gasteiger partial charge is 0.323 e. The largest absolute Gasteiger partial charge is 0.383 e. The van der Waals surface area contributed by atoms with Crippen molar-refractivity contribution in [2.45, 2.75) is 39.5 Å². The molecule has 4 rings (SSSR count). The molecule has 194 valence electrons. The molecule has 3 aromatic rings. The summed E-state index contributed by atoms with van der Waals surface area (Å²) in [6.07, 6.45) is 8.82. The summed E-state index contributed by atoms with van der Waals surface area (Å²) in [6, 6.07) is 11.6. The number of pyridine rings is 1. The van der Waals surface area contributed by atoms with Gasteiger partial charge in [-0.15, -0.1) is 11.3 Å². The minimum Gasteiger partial charge on any atom is -0.383 e. The number of allylic oxidation sites excluding steroid dienone is 3. The molecule has 0 radical (unpaired) electrons. The van der Waals surface area contributed by atoms with Crippen LogP contribution in [-0.4, -0.2) is 36.3 Å². The van der Waals surface area contributed by atoms with Crippen LogP contribution >= 0.6 is 11.3 Å². The highest BCUT2D eigenvalue weighted by molar-refractivity contribution is 7.15. The molecule has 8 heteroatoms. The van der Waals surface area contributed by atoms with Gasteiger partial charge >= 0.3 is 6.03 Å². The molecular formula is C29H35N5O2S. The van der Waals surface area contributed by atoms with E-state index in [0.717, 1.165) is 50.3 Å². The Morgan fingerprint density at radius 3 is 2.73 bits per heavy atom. The molecular weight excluding hydrogens is 482 g/mol. The number of methoxy groups -OCH3 is 1. The highest BCUT2D eigenvalue weighted by atomic mass is 32.1. The number of aromatic nitrogens is 2. The summed E-state index contributed by atoms with van der Waals surface area (Å²) in [5, 5.41) is 10.2. The predicted octanol–water partition coefficient (Wildman–Crippen LogP) is 6.83. The van der Waals surface area contributed by atoms with Crippen molar-refractivity contribution >= 4 is 28.9 Å². The number of rotatable bonds is 8. The van der Waals surface area contributed by atoms with Crippen LogP contribution in [0.15, 0.2) is 66.5 Å². The molecule has 37 heavy (non-hydrogen) atoms. The molecule has 1 aliphatic rings. The number of thiazole rings is 1. The molecule has 0 bridgehead atoms. The van der Waals surface area contributed by atoms with Gasteiger partial charge in [-0.1, -0.05) is 52.0 Å². The van der Waals surface area contributed by atoms with Crippen molar-refractivity contribution in [3.05, 3.63) is 71.5 Å². The third-order valence-electron chi connectivity index (χ3n) is 5.87. The van der Waals surface area contributed by atoms with Gasteiger partial charge in [0.15, 0.2) is 0 Å². The van der Waals surface area contributed by atoms with Gasteiger partial charge in [-0.25, -0.2) is 14.8 Å². The SMILES string of the molecule is COCCNc1cc(-c2nc(C(C)(C)C)sc2-c2cccc(NC(=O)NC3=CCC(C)C=C3)c2)ccn1. The zero-order chi connectivity index (χ0) is 26.4. The Labute approximate surface area is 223 Å². The molecule has 3 N–H and O–H groups in total. The number of nitrogens with zero attached hydrogens (tertiary/aromatic N) is 2. The summed E-state index contributed by atoms with van der Waals surface area (Å²) in [6.45, 7) is 9.93. The first-order chi connectivity index (χ1) is 17.7. The molecule has 2 heterocycles. The first kappa shape index (κ1) is 26.6. The standard InChI is InChI=1S/C29H35N5O2S/c1-19-9-11-22(12-10-19)32-28(35)33-23-8-6-7-21(17-23)26-25(34-27(37-26)29(2,3)4)20-13-14-30-24(18-20)31-15-16-36-5/h6-9,11-14,17-19H,10,15-16H2,1-5H3,(H,30,31)(H2,32,33,35). The van der Waals surface area contributed by atoms with Crippen LogP contribution in [0.5, 0.6) is 0 Å². The highest BCUT2D eigenvalue weighted by Crippen LogP contribution is 2.41. The molecule has 2 amide bonds. The minimum atomic E-state index is -0.261. The second kappa shape index (κ2) is 11.7. The van der Waals surface area contributed by atoms with Crippen LogP contribution in [0.25, 0.3) is 21.7 Å². The summed E-state index contributed by atoms with van der Waals surface area (Å²) >= 11 is 1.68. The molecule has 1 atom stereocenters. The molecule has 0 saturated heterocycles. The second-order valence-corrected chi connectivity index (χ2v) is 11.2. The van der Waals surface area contributed by atoms with Crippen molar-refractivity contribution in [1.82, 2.24) is 15.3 Å². The molecule has 1 aromatic carbocycles. The number of ether oxygens (including phenoxy) is 1. The number of carbonyl (C=O) groups is 1. The van der Waals surface area contributed by atoms with Gasteiger partial charge in [0.05, 0.1) is 22.2 Å². The topological polar surface area (TPSA) is 88.2 Å². The fourth-order valence-corrected chi connectivity index (χ4v) is 4.98. The number of amides is 2. The van der Waals surface area contributed by atoms with Gasteiger partial charge < -0.3 is 20.7 Å². The minimum absolute atomic E-state index is 0.0985. The normalized spacial score (nSPS) is 15.3. The molecule has 2 aromatic heterocycles. The Morgan fingerprint density at radius 1 is 1.16 bits per heavy atom. The number of urea groups is 1. The molecule has 1 unspecified atom stereocenters. The summed E-state index contributed by atoms with van der Waals surface area (Å²) < 4.78 is 5.14. The van der Waals surface area contributed by atoms with E-state index in [0.29, 0.717) is 19.1 Å². The van der Waals surface area contributed by atoms with Crippen LogP contribution in [-0.2, 0) is 10.2 Å². The van der Waals surface area contributed by atoms with Crippen LogP contribution in [0.1, 0.15) is 39.1 Å². The van der Waals surface area contributed by atoms with E-state index in [1.807, 2.05) is 42.5 Å². The van der Waals surface area contributed by atoms with Gasteiger partial charge in [0.2, 0.25) is 0 Å². The number of hydrogen-bond acceptors (Lipinski definition) is 6. The first-order valence-electron chi connectivity index (χ1n) is 12.5. The summed E-state index contributed by atoms with van der Waals surface area (Å²) in [5.74, 6) is 1.27. The molecule has 0 aliphatic heterocycles. The summed E-state index contributed by atoms with van der Waals surface area (Å²) in [4.78, 5) is 23.2. The maximum Gasteiger partial charge on any atom is 0.323 e. The van der Waals surface area contributed by atoms with Crippen molar-refractivity contribution in [2.75, 3.05) is 30.9 Å². The quantitative estimate of drug-likeness (QED) is 0.285. The third kappa shape index (κ3) is 7.05. The number of anilines is 2. The number of nitrogens with one attached hydrogen (secondary N) is 3. The van der Waals surface area contributed by atoms with Crippen molar-refractivity contribution in [1.29, 1.82) is 0 Å². The van der Waals surface area contributed by atoms with E-state index < -0.39 is 0 Å². The summed E-state index contributed by atoms with van der Waals surface area (Å²) in [5.41, 5.74) is 4.32. The number of benzene rings is 1. The van der Waals surface area contributed by atoms with Gasteiger partial charge in [-0.05, 0) is 48.2 Å². The van der Waals surface area contributed by atoms with E-state index in [9.17, 15) is 4.79 Å². The molecule has 1 aliphatic carbocycles. The lowest BCUT2D eigenvalue weighted by molar-refractivity contribution is 0.210. The predicted molar refractivity (Wildman–Crippen MR) is 153 cm³/mol. The van der Waals surface area contributed by atoms with Crippen LogP contribution in [0.4, 0.5) is 16.3 Å². The Hall–Kier alpha value is -3.49. The fourth-order valence-electron chi connectivity index (χ4n) is 3.84. The Morgan fingerprint density at radius 2 is 2.00 bits per heavy atom. The van der Waals surface area contributed by atoms with Crippen LogP contribution in [0, 0.1) is 5.92 Å². The van der Waals surface area contributed by atoms with Gasteiger partial charge in [-0.2, -0.15) is 0 Å². The maximum absolute atomic E-state index is 12.7. The van der Waals surface area contributed by atoms with E-state index in [2.05, 4.69) is 60.8 Å². The van der Waals surface area contributed by atoms with Crippen molar-refractivity contribution in [2.24, 2.45) is 5.92 Å². The lowest BCUT2D eigenvalue weighted by Gasteiger charge is -2.14. The van der Waals surface area contributed by atoms with Crippen molar-refractivity contribution in [3.63, 3.8) is 0 Å². The lowest BCUT2D eigenvalue weighted by atomic mass is 9.98. The average molecular weight is 518 g/mol. The van der Waals surface area contributed by atoms with E-state index in [4.69, 9.17) is 9.72 Å². The summed E-state index contributed by atoms with van der Waals surface area (Å²) in [7, 11) is 1.68. The van der Waals surface area contributed by atoms with Gasteiger partial charge in [0.1, 0.15) is 5.82 Å². The molecule has 0 spiro atoms. The van der Waals surface area contributed by atoms with Gasteiger partial charge in [0.25, 0.3) is 0 Å². The third-order valence-corrected chi connectivity index (χ3v) is 7.40. The van der Waals surface area contributed by atoms with E-state index in [1.54, 1.807) is 24.6 Å². The Bertz CT molecular complexity index is 1310. The fraction of sp³-hybridized carbons (Fsp3) is 0.345. The first-order valence-corrected chi connectivity index (χ1v) is 13.3. The van der Waals surface area contributed by atoms with E-state index >= 15 is 0 Å². The lowest BCUT2D eigenvalue weighted by Crippen LogP contribution is -2.28. The van der Waals surface area contributed by atoms with Crippen molar-refractivity contribution < 1.29 is 9.53 Å². The zero-order valence-electron chi connectivity index (χ0n) is 22.1. The van der Waals surface area contributed by atoms with E-state index in [-0.39, 0.29) is 11.4 Å². The van der Waals surface area contributed by atoms with Crippen LogP contribution in [0.3, 0.4) is 0 Å². The number of hydrogen-bond donors (Lipinski definition) is 3. The van der Waals surface area contributed by atoms with Gasteiger partial charge in [0, 0.05) is 42.2 Å². The second-order valence-electron chi connectivity index (χ2n) is 10.2. The molecule has 7 nitrogen and oxygen atoms in total. The molecule has 0 saturated carbocycles. The molecule has 0 fully saturated rings. The Balaban J connectivity index is 1.61. The van der Waals surface area contributed by atoms with Crippen molar-refractivity contribution in [3.8, 4) is 21.7 Å². The highest BCUT2D eigenvalue weighted by Gasteiger charge is 2.23. The average Bonchev–Trinajstić information content (AvgIpc) is 3.33. The number of carbonyl (C=O) groups excluding carboxylic acids is 1. The zero-order valence-corrected chi connectivity index (χ0v) is 22.9. The van der Waals surface area contributed by atoms with Crippen LogP contribution < -0.4 is 16.0 Å². The van der Waals surface area contributed by atoms with E-state index in [1.165, 1.54) is 0 Å². The monoisotopic (exact) mass is 517 g/mol.